The quantitative estimate of drug-likeness (QED) is 0.703. The molecule has 0 radical (unpaired) electrons. The van der Waals surface area contributed by atoms with Crippen LogP contribution in [0.3, 0.4) is 0 Å². The van der Waals surface area contributed by atoms with Crippen LogP contribution in [0.5, 0.6) is 0 Å². The Morgan fingerprint density at radius 3 is 2.05 bits per heavy atom. The molecule has 2 heterocycles. The van der Waals surface area contributed by atoms with Crippen LogP contribution in [-0.4, -0.2) is 9.97 Å². The largest absolute Gasteiger partial charge is 0.364 e. The summed E-state index contributed by atoms with van der Waals surface area (Å²) in [5.41, 5.74) is 4.59. The Balaban J connectivity index is 2.12. The Labute approximate surface area is 117 Å². The molecule has 0 amide bonds. The molecule has 3 heteroatoms. The van der Waals surface area contributed by atoms with Gasteiger partial charge in [-0.05, 0) is 48.4 Å². The molecular formula is C16H15ClN2. The summed E-state index contributed by atoms with van der Waals surface area (Å²) in [4.78, 5) is 6.59. The van der Waals surface area contributed by atoms with Crippen LogP contribution in [0.4, 0.5) is 0 Å². The Kier molecular flexibility index (Phi) is 3.18. The second-order valence-corrected chi connectivity index (χ2v) is 5.10. The van der Waals surface area contributed by atoms with Crippen molar-refractivity contribution >= 4 is 11.6 Å². The van der Waals surface area contributed by atoms with Gasteiger partial charge in [-0.3, -0.25) is 0 Å². The van der Waals surface area contributed by atoms with Gasteiger partial charge in [-0.1, -0.05) is 23.7 Å². The Bertz CT molecular complexity index is 620. The third-order valence-electron chi connectivity index (χ3n) is 3.40. The summed E-state index contributed by atoms with van der Waals surface area (Å²) in [6.45, 7) is 2.02. The molecule has 0 atom stereocenters. The lowest BCUT2D eigenvalue weighted by atomic mass is 9.92. The number of halogens is 1. The molecule has 2 N–H and O–H groups in total. The third-order valence-corrected chi connectivity index (χ3v) is 3.80. The van der Waals surface area contributed by atoms with E-state index in [1.54, 1.807) is 0 Å². The number of benzene rings is 1. The first-order chi connectivity index (χ1) is 9.25. The summed E-state index contributed by atoms with van der Waals surface area (Å²) in [6, 6.07) is 14.5. The lowest BCUT2D eigenvalue weighted by molar-refractivity contribution is 0.897. The van der Waals surface area contributed by atoms with Crippen LogP contribution in [0.25, 0.3) is 0 Å². The van der Waals surface area contributed by atoms with Gasteiger partial charge < -0.3 is 9.97 Å². The smallest absolute Gasteiger partial charge is 0.0641 e. The van der Waals surface area contributed by atoms with Crippen molar-refractivity contribution in [2.45, 2.75) is 12.8 Å². The van der Waals surface area contributed by atoms with Crippen molar-refractivity contribution in [3.8, 4) is 0 Å². The van der Waals surface area contributed by atoms with E-state index in [2.05, 4.69) is 34.2 Å². The number of nitrogens with one attached hydrogen (secondary N) is 2. The Morgan fingerprint density at radius 2 is 1.58 bits per heavy atom. The van der Waals surface area contributed by atoms with Crippen LogP contribution >= 0.6 is 11.6 Å². The van der Waals surface area contributed by atoms with Crippen molar-refractivity contribution in [2.75, 3.05) is 0 Å². The van der Waals surface area contributed by atoms with Gasteiger partial charge in [0.25, 0.3) is 0 Å². The van der Waals surface area contributed by atoms with E-state index in [1.807, 2.05) is 37.5 Å². The molecule has 3 rings (SSSR count). The van der Waals surface area contributed by atoms with Gasteiger partial charge in [-0.2, -0.15) is 0 Å². The molecule has 0 spiro atoms. The molecule has 0 saturated heterocycles. The minimum Gasteiger partial charge on any atom is -0.364 e. The number of hydrogen-bond donors (Lipinski definition) is 2. The summed E-state index contributed by atoms with van der Waals surface area (Å²) >= 11 is 6.26. The second kappa shape index (κ2) is 4.98. The zero-order valence-corrected chi connectivity index (χ0v) is 11.4. The van der Waals surface area contributed by atoms with Gasteiger partial charge in [0.15, 0.2) is 0 Å². The van der Waals surface area contributed by atoms with Crippen molar-refractivity contribution in [1.82, 2.24) is 9.97 Å². The summed E-state index contributed by atoms with van der Waals surface area (Å²) in [5.74, 6) is 0.156. The summed E-state index contributed by atoms with van der Waals surface area (Å²) in [7, 11) is 0. The second-order valence-electron chi connectivity index (χ2n) is 4.69. The van der Waals surface area contributed by atoms with Gasteiger partial charge in [0, 0.05) is 28.8 Å². The van der Waals surface area contributed by atoms with Gasteiger partial charge in [0.05, 0.1) is 5.92 Å². The molecule has 0 aliphatic heterocycles. The summed E-state index contributed by atoms with van der Waals surface area (Å²) in [6.07, 6.45) is 3.89. The van der Waals surface area contributed by atoms with Crippen LogP contribution in [0, 0.1) is 6.92 Å². The van der Waals surface area contributed by atoms with E-state index in [9.17, 15) is 0 Å². The molecule has 19 heavy (non-hydrogen) atoms. The highest BCUT2D eigenvalue weighted by atomic mass is 35.5. The molecule has 96 valence electrons. The van der Waals surface area contributed by atoms with Crippen LogP contribution < -0.4 is 0 Å². The molecule has 2 nitrogen and oxygen atoms in total. The van der Waals surface area contributed by atoms with E-state index in [0.29, 0.717) is 0 Å². The number of aromatic amines is 2. The predicted molar refractivity (Wildman–Crippen MR) is 78.7 cm³/mol. The highest BCUT2D eigenvalue weighted by Crippen LogP contribution is 2.32. The first-order valence-electron chi connectivity index (χ1n) is 6.28. The van der Waals surface area contributed by atoms with E-state index < -0.39 is 0 Å². The molecule has 0 fully saturated rings. The van der Waals surface area contributed by atoms with E-state index in [4.69, 9.17) is 11.6 Å². The number of H-pyrrole nitrogens is 2. The van der Waals surface area contributed by atoms with Gasteiger partial charge in [0.2, 0.25) is 0 Å². The zero-order chi connectivity index (χ0) is 13.2. The van der Waals surface area contributed by atoms with Crippen LogP contribution in [-0.2, 0) is 0 Å². The first-order valence-corrected chi connectivity index (χ1v) is 6.66. The molecule has 3 aromatic rings. The van der Waals surface area contributed by atoms with E-state index in [1.165, 1.54) is 5.56 Å². The van der Waals surface area contributed by atoms with Crippen LogP contribution in [0.2, 0.25) is 5.02 Å². The Morgan fingerprint density at radius 1 is 0.947 bits per heavy atom. The number of rotatable bonds is 3. The molecule has 0 unspecified atom stereocenters. The zero-order valence-electron chi connectivity index (χ0n) is 10.7. The summed E-state index contributed by atoms with van der Waals surface area (Å²) < 4.78 is 0. The van der Waals surface area contributed by atoms with Gasteiger partial charge in [0.1, 0.15) is 0 Å². The van der Waals surface area contributed by atoms with E-state index >= 15 is 0 Å². The van der Waals surface area contributed by atoms with Gasteiger partial charge >= 0.3 is 0 Å². The number of aromatic nitrogens is 2. The number of aryl methyl sites for hydroxylation is 1. The fourth-order valence-electron chi connectivity index (χ4n) is 2.36. The predicted octanol–water partition coefficient (Wildman–Crippen LogP) is 4.48. The molecule has 1 aromatic carbocycles. The van der Waals surface area contributed by atoms with Crippen molar-refractivity contribution in [3.63, 3.8) is 0 Å². The van der Waals surface area contributed by atoms with Crippen molar-refractivity contribution < 1.29 is 0 Å². The van der Waals surface area contributed by atoms with Crippen LogP contribution in [0.1, 0.15) is 28.4 Å². The maximum absolute atomic E-state index is 6.26. The van der Waals surface area contributed by atoms with E-state index in [-0.39, 0.29) is 5.92 Å². The maximum Gasteiger partial charge on any atom is 0.0641 e. The van der Waals surface area contributed by atoms with Gasteiger partial charge in [-0.25, -0.2) is 0 Å². The fraction of sp³-hybridized carbons (Fsp3) is 0.125. The topological polar surface area (TPSA) is 31.6 Å². The van der Waals surface area contributed by atoms with Crippen molar-refractivity contribution in [2.24, 2.45) is 0 Å². The minimum atomic E-state index is 0.156. The molecule has 0 aliphatic carbocycles. The maximum atomic E-state index is 6.26. The minimum absolute atomic E-state index is 0.156. The SMILES string of the molecule is Cc1ccc(C(c2ccc[nH]2)c2ccc[nH]2)cc1Cl. The highest BCUT2D eigenvalue weighted by molar-refractivity contribution is 6.31. The molecule has 0 saturated carbocycles. The lowest BCUT2D eigenvalue weighted by Crippen LogP contribution is -2.04. The first kappa shape index (κ1) is 12.1. The molecule has 0 bridgehead atoms. The summed E-state index contributed by atoms with van der Waals surface area (Å²) in [5, 5.41) is 0.806. The highest BCUT2D eigenvalue weighted by Gasteiger charge is 2.18. The molecule has 2 aromatic heterocycles. The van der Waals surface area contributed by atoms with Crippen LogP contribution in [0.15, 0.2) is 54.9 Å². The fourth-order valence-corrected chi connectivity index (χ4v) is 2.55. The normalized spacial score (nSPS) is 11.1. The van der Waals surface area contributed by atoms with Gasteiger partial charge in [-0.15, -0.1) is 0 Å². The molecule has 0 aliphatic rings. The Hall–Kier alpha value is -1.93. The number of hydrogen-bond acceptors (Lipinski definition) is 0. The third kappa shape index (κ3) is 2.32. The lowest BCUT2D eigenvalue weighted by Gasteiger charge is -2.16. The average Bonchev–Trinajstić information content (AvgIpc) is 3.07. The van der Waals surface area contributed by atoms with E-state index in [0.717, 1.165) is 22.0 Å². The van der Waals surface area contributed by atoms with Crippen molar-refractivity contribution in [1.29, 1.82) is 0 Å². The van der Waals surface area contributed by atoms with Crippen molar-refractivity contribution in [3.05, 3.63) is 82.4 Å². The molecular weight excluding hydrogens is 256 g/mol. The standard InChI is InChI=1S/C16H15ClN2/c1-11-6-7-12(10-13(11)17)16(14-4-2-8-18-14)15-5-3-9-19-15/h2-10,16,18-19H,1H3. The average molecular weight is 271 g/mol. The monoisotopic (exact) mass is 270 g/mol.